The Balaban J connectivity index is 1.33. The van der Waals surface area contributed by atoms with E-state index in [0.29, 0.717) is 23.7 Å². The molecule has 28 heavy (non-hydrogen) atoms. The number of hydrogen-bond donors (Lipinski definition) is 1. The number of epoxide rings is 1. The molecule has 2 aliphatic heterocycles. The molecule has 1 N–H and O–H groups in total. The second-order valence-corrected chi connectivity index (χ2v) is 7.36. The van der Waals surface area contributed by atoms with Gasteiger partial charge < -0.3 is 10.1 Å². The van der Waals surface area contributed by atoms with Crippen molar-refractivity contribution in [3.05, 3.63) is 71.0 Å². The van der Waals surface area contributed by atoms with E-state index in [0.717, 1.165) is 30.1 Å². The summed E-state index contributed by atoms with van der Waals surface area (Å²) >= 11 is 6.02. The van der Waals surface area contributed by atoms with E-state index in [1.54, 1.807) is 6.20 Å². The number of benzene rings is 2. The number of rotatable bonds is 4. The molecule has 2 aromatic carbocycles. The predicted octanol–water partition coefficient (Wildman–Crippen LogP) is 4.09. The Bertz CT molecular complexity index is 1040. The highest BCUT2D eigenvalue weighted by atomic mass is 35.5. The van der Waals surface area contributed by atoms with Crippen LogP contribution in [0, 0.1) is 11.6 Å². The van der Waals surface area contributed by atoms with Crippen LogP contribution in [0.4, 0.5) is 14.5 Å². The maximum Gasteiger partial charge on any atom is 0.170 e. The Hall–Kier alpha value is -2.48. The highest BCUT2D eigenvalue weighted by molar-refractivity contribution is 6.30. The molecule has 3 heterocycles. The first kappa shape index (κ1) is 17.6. The van der Waals surface area contributed by atoms with Crippen LogP contribution in [0.3, 0.4) is 0 Å². The lowest BCUT2D eigenvalue weighted by atomic mass is 10.0. The molecule has 0 amide bonds. The van der Waals surface area contributed by atoms with Gasteiger partial charge in [-0.2, -0.15) is 5.10 Å². The smallest absolute Gasteiger partial charge is 0.170 e. The largest absolute Gasteiger partial charge is 0.357 e. The van der Waals surface area contributed by atoms with Gasteiger partial charge in [0.2, 0.25) is 0 Å². The van der Waals surface area contributed by atoms with Crippen molar-refractivity contribution in [1.82, 2.24) is 14.7 Å². The molecular weight excluding hydrogens is 386 g/mol. The van der Waals surface area contributed by atoms with Crippen molar-refractivity contribution in [2.24, 2.45) is 0 Å². The van der Waals surface area contributed by atoms with Crippen molar-refractivity contribution < 1.29 is 13.5 Å². The van der Waals surface area contributed by atoms with Crippen LogP contribution in [0.15, 0.2) is 48.7 Å². The normalized spacial score (nSPS) is 21.4. The van der Waals surface area contributed by atoms with Gasteiger partial charge in [-0.15, -0.1) is 0 Å². The zero-order valence-corrected chi connectivity index (χ0v) is 15.5. The average Bonchev–Trinajstić information content (AvgIpc) is 3.31. The van der Waals surface area contributed by atoms with Gasteiger partial charge in [-0.05, 0) is 36.4 Å². The zero-order valence-electron chi connectivity index (χ0n) is 14.8. The summed E-state index contributed by atoms with van der Waals surface area (Å²) in [6.07, 6.45) is 1.38. The third kappa shape index (κ3) is 3.26. The minimum absolute atomic E-state index is 0.0900. The summed E-state index contributed by atoms with van der Waals surface area (Å²) in [6, 6.07) is 10.9. The van der Waals surface area contributed by atoms with Crippen LogP contribution in [0.2, 0.25) is 5.02 Å². The summed E-state index contributed by atoms with van der Waals surface area (Å²) in [5.41, 5.74) is 2.59. The Morgan fingerprint density at radius 2 is 2.00 bits per heavy atom. The van der Waals surface area contributed by atoms with Gasteiger partial charge in [-0.25, -0.2) is 8.78 Å². The standard InChI is InChI=1S/C20H17ClF2N4O/c21-12-2-1-3-14(8-12)25-19-20(28-19)26-6-7-27-18(11-26)16(10-24-27)15-9-13(22)4-5-17(15)23/h1-5,8-10,19-20,25H,6-7,11H2. The van der Waals surface area contributed by atoms with E-state index < -0.39 is 11.6 Å². The van der Waals surface area contributed by atoms with Crippen LogP contribution < -0.4 is 5.32 Å². The molecule has 144 valence electrons. The third-order valence-corrected chi connectivity index (χ3v) is 5.32. The highest BCUT2D eigenvalue weighted by Crippen LogP contribution is 2.34. The van der Waals surface area contributed by atoms with E-state index in [4.69, 9.17) is 16.3 Å². The maximum atomic E-state index is 14.2. The molecule has 5 nitrogen and oxygen atoms in total. The van der Waals surface area contributed by atoms with Crippen LogP contribution in [-0.4, -0.2) is 33.7 Å². The zero-order chi connectivity index (χ0) is 19.3. The Labute approximate surface area is 165 Å². The monoisotopic (exact) mass is 402 g/mol. The fourth-order valence-electron chi connectivity index (χ4n) is 3.64. The number of aromatic nitrogens is 2. The molecule has 2 aliphatic rings. The van der Waals surface area contributed by atoms with E-state index in [2.05, 4.69) is 15.3 Å². The van der Waals surface area contributed by atoms with Crippen molar-refractivity contribution in [3.8, 4) is 11.1 Å². The van der Waals surface area contributed by atoms with E-state index in [1.165, 1.54) is 6.07 Å². The quantitative estimate of drug-likeness (QED) is 0.668. The van der Waals surface area contributed by atoms with Crippen LogP contribution in [0.1, 0.15) is 5.69 Å². The van der Waals surface area contributed by atoms with Crippen molar-refractivity contribution in [2.75, 3.05) is 11.9 Å². The minimum atomic E-state index is -0.472. The SMILES string of the molecule is Fc1ccc(F)c(-c2cnn3c2CN(C2OC2Nc2cccc(Cl)c2)CC3)c1. The van der Waals surface area contributed by atoms with Crippen molar-refractivity contribution in [2.45, 2.75) is 25.5 Å². The fourth-order valence-corrected chi connectivity index (χ4v) is 3.83. The second-order valence-electron chi connectivity index (χ2n) is 6.92. The van der Waals surface area contributed by atoms with Gasteiger partial charge in [0.05, 0.1) is 18.4 Å². The van der Waals surface area contributed by atoms with E-state index in [1.807, 2.05) is 28.9 Å². The van der Waals surface area contributed by atoms with Crippen LogP contribution >= 0.6 is 11.6 Å². The first-order valence-electron chi connectivity index (χ1n) is 9.00. The van der Waals surface area contributed by atoms with Crippen molar-refractivity contribution in [3.63, 3.8) is 0 Å². The molecule has 0 aliphatic carbocycles. The fraction of sp³-hybridized carbons (Fsp3) is 0.250. The molecule has 2 atom stereocenters. The van der Waals surface area contributed by atoms with Gasteiger partial charge in [0.25, 0.3) is 0 Å². The molecule has 3 aromatic rings. The predicted molar refractivity (Wildman–Crippen MR) is 102 cm³/mol. The summed E-state index contributed by atoms with van der Waals surface area (Å²) in [5.74, 6) is -0.933. The molecule has 5 rings (SSSR count). The molecule has 0 bridgehead atoms. The van der Waals surface area contributed by atoms with E-state index in [9.17, 15) is 8.78 Å². The van der Waals surface area contributed by atoms with E-state index in [-0.39, 0.29) is 18.0 Å². The first-order chi connectivity index (χ1) is 13.6. The lowest BCUT2D eigenvalue weighted by Gasteiger charge is -2.27. The molecule has 0 radical (unpaired) electrons. The number of nitrogens with zero attached hydrogens (tertiary/aromatic N) is 3. The topological polar surface area (TPSA) is 45.6 Å². The number of nitrogens with one attached hydrogen (secondary N) is 1. The van der Waals surface area contributed by atoms with Gasteiger partial charge in [-0.3, -0.25) is 9.58 Å². The van der Waals surface area contributed by atoms with Gasteiger partial charge >= 0.3 is 0 Å². The number of hydrogen-bond acceptors (Lipinski definition) is 4. The van der Waals surface area contributed by atoms with Gasteiger partial charge in [0.15, 0.2) is 12.5 Å². The van der Waals surface area contributed by atoms with Crippen LogP contribution in [0.25, 0.3) is 11.1 Å². The number of ether oxygens (including phenoxy) is 1. The summed E-state index contributed by atoms with van der Waals surface area (Å²) in [4.78, 5) is 2.17. The molecule has 1 aromatic heterocycles. The van der Waals surface area contributed by atoms with E-state index >= 15 is 0 Å². The summed E-state index contributed by atoms with van der Waals surface area (Å²) in [5, 5.41) is 8.31. The summed E-state index contributed by atoms with van der Waals surface area (Å²) < 4.78 is 35.5. The molecule has 8 heteroatoms. The van der Waals surface area contributed by atoms with Crippen molar-refractivity contribution in [1.29, 1.82) is 0 Å². The highest BCUT2D eigenvalue weighted by Gasteiger charge is 2.45. The molecular formula is C20H17ClF2N4O. The third-order valence-electron chi connectivity index (χ3n) is 5.08. The van der Waals surface area contributed by atoms with Gasteiger partial charge in [0, 0.05) is 34.9 Å². The molecule has 0 saturated carbocycles. The van der Waals surface area contributed by atoms with Crippen LogP contribution in [0.5, 0.6) is 0 Å². The number of fused-ring (bicyclic) bond motifs is 1. The first-order valence-corrected chi connectivity index (χ1v) is 9.38. The van der Waals surface area contributed by atoms with Gasteiger partial charge in [-0.1, -0.05) is 17.7 Å². The number of halogens is 3. The average molecular weight is 403 g/mol. The second kappa shape index (κ2) is 6.84. The number of anilines is 1. The molecule has 1 fully saturated rings. The van der Waals surface area contributed by atoms with Crippen LogP contribution in [-0.2, 0) is 17.8 Å². The lowest BCUT2D eigenvalue weighted by Crippen LogP contribution is -2.37. The minimum Gasteiger partial charge on any atom is -0.357 e. The summed E-state index contributed by atoms with van der Waals surface area (Å²) in [6.45, 7) is 1.97. The maximum absolute atomic E-state index is 14.2. The summed E-state index contributed by atoms with van der Waals surface area (Å²) in [7, 11) is 0. The molecule has 2 unspecified atom stereocenters. The Kier molecular flexibility index (Phi) is 4.30. The van der Waals surface area contributed by atoms with Gasteiger partial charge in [0.1, 0.15) is 11.6 Å². The lowest BCUT2D eigenvalue weighted by molar-refractivity contribution is 0.138. The van der Waals surface area contributed by atoms with Crippen molar-refractivity contribution >= 4 is 17.3 Å². The Morgan fingerprint density at radius 3 is 2.86 bits per heavy atom. The molecule has 1 saturated heterocycles. The Morgan fingerprint density at radius 1 is 1.11 bits per heavy atom. The molecule has 0 spiro atoms.